The molecule has 1 rings (SSSR count). The van der Waals surface area contributed by atoms with Crippen LogP contribution < -0.4 is 4.74 Å². The number of rotatable bonds is 13. The average Bonchev–Trinajstić information content (AvgIpc) is 2.55. The lowest BCUT2D eigenvalue weighted by molar-refractivity contribution is 0.0511. The van der Waals surface area contributed by atoms with Gasteiger partial charge in [0.05, 0.1) is 0 Å². The molecule has 0 spiro atoms. The summed E-state index contributed by atoms with van der Waals surface area (Å²) in [5.74, 6) is 0.817. The van der Waals surface area contributed by atoms with Crippen molar-refractivity contribution < 1.29 is 22.8 Å². The third kappa shape index (κ3) is 7.45. The fourth-order valence-corrected chi connectivity index (χ4v) is 5.00. The van der Waals surface area contributed by atoms with E-state index in [0.717, 1.165) is 24.6 Å². The number of benzene rings is 1. The third-order valence-corrected chi connectivity index (χ3v) is 6.46. The highest BCUT2D eigenvalue weighted by Gasteiger charge is 2.39. The standard InChI is InChI=1S/C17H30O5Si/c1-5-20-23(21-6-2,22-7-3)14-8-9-16-10-12-17(13-11-16)19-15-18-4/h10-13H,5-9,14-15H2,1-4H3. The monoisotopic (exact) mass is 342 g/mol. The fraction of sp³-hybridized carbons (Fsp3) is 0.647. The topological polar surface area (TPSA) is 46.2 Å². The first-order chi connectivity index (χ1) is 11.2. The van der Waals surface area contributed by atoms with E-state index in [0.29, 0.717) is 19.8 Å². The van der Waals surface area contributed by atoms with Gasteiger partial charge in [0.2, 0.25) is 0 Å². The third-order valence-electron chi connectivity index (χ3n) is 3.31. The highest BCUT2D eigenvalue weighted by molar-refractivity contribution is 6.60. The van der Waals surface area contributed by atoms with Gasteiger partial charge in [-0.2, -0.15) is 0 Å². The van der Waals surface area contributed by atoms with Gasteiger partial charge in [-0.1, -0.05) is 12.1 Å². The van der Waals surface area contributed by atoms with Crippen LogP contribution in [0, 0.1) is 0 Å². The summed E-state index contributed by atoms with van der Waals surface area (Å²) >= 11 is 0. The molecule has 0 heterocycles. The molecular weight excluding hydrogens is 312 g/mol. The van der Waals surface area contributed by atoms with Crippen molar-refractivity contribution in [2.24, 2.45) is 0 Å². The minimum absolute atomic E-state index is 0.268. The first-order valence-corrected chi connectivity index (χ1v) is 10.2. The molecule has 0 radical (unpaired) electrons. The van der Waals surface area contributed by atoms with Gasteiger partial charge in [-0.25, -0.2) is 0 Å². The van der Waals surface area contributed by atoms with Crippen LogP contribution >= 0.6 is 0 Å². The SMILES string of the molecule is CCO[Si](CCCc1ccc(OCOC)cc1)(OCC)OCC. The van der Waals surface area contributed by atoms with E-state index in [1.54, 1.807) is 7.11 Å². The summed E-state index contributed by atoms with van der Waals surface area (Å²) in [6.45, 7) is 8.09. The first-order valence-electron chi connectivity index (χ1n) is 8.32. The zero-order chi connectivity index (χ0) is 17.0. The van der Waals surface area contributed by atoms with Gasteiger partial charge < -0.3 is 22.8 Å². The Labute approximate surface area is 141 Å². The van der Waals surface area contributed by atoms with Crippen molar-refractivity contribution in [1.82, 2.24) is 0 Å². The lowest BCUT2D eigenvalue weighted by atomic mass is 10.1. The Balaban J connectivity index is 2.51. The molecule has 0 bridgehead atoms. The normalized spacial score (nSPS) is 11.7. The molecule has 0 aliphatic carbocycles. The number of hydrogen-bond acceptors (Lipinski definition) is 5. The molecule has 0 amide bonds. The summed E-state index contributed by atoms with van der Waals surface area (Å²) in [6, 6.07) is 8.93. The lowest BCUT2D eigenvalue weighted by Crippen LogP contribution is -2.46. The van der Waals surface area contributed by atoms with Crippen molar-refractivity contribution in [3.8, 4) is 5.75 Å². The van der Waals surface area contributed by atoms with Crippen molar-refractivity contribution in [1.29, 1.82) is 0 Å². The highest BCUT2D eigenvalue weighted by Crippen LogP contribution is 2.21. The van der Waals surface area contributed by atoms with E-state index in [9.17, 15) is 0 Å². The molecular formula is C17H30O5Si. The van der Waals surface area contributed by atoms with Crippen LogP contribution in [0.5, 0.6) is 5.75 Å². The summed E-state index contributed by atoms with van der Waals surface area (Å²) < 4.78 is 27.9. The van der Waals surface area contributed by atoms with Gasteiger partial charge >= 0.3 is 8.80 Å². The maximum atomic E-state index is 5.87. The Morgan fingerprint density at radius 3 is 1.91 bits per heavy atom. The molecule has 23 heavy (non-hydrogen) atoms. The van der Waals surface area contributed by atoms with Gasteiger partial charge in [0.1, 0.15) is 5.75 Å². The zero-order valence-corrected chi connectivity index (χ0v) is 15.8. The van der Waals surface area contributed by atoms with Crippen molar-refractivity contribution in [3.63, 3.8) is 0 Å². The highest BCUT2D eigenvalue weighted by atomic mass is 28.4. The Morgan fingerprint density at radius 1 is 0.870 bits per heavy atom. The molecule has 132 valence electrons. The smallest absolute Gasteiger partial charge is 0.468 e. The maximum Gasteiger partial charge on any atom is 0.500 e. The molecule has 0 aliphatic rings. The zero-order valence-electron chi connectivity index (χ0n) is 14.8. The van der Waals surface area contributed by atoms with Gasteiger partial charge in [-0.15, -0.1) is 0 Å². The number of hydrogen-bond donors (Lipinski definition) is 0. The van der Waals surface area contributed by atoms with Gasteiger partial charge in [-0.3, -0.25) is 0 Å². The van der Waals surface area contributed by atoms with Gasteiger partial charge in [0.25, 0.3) is 0 Å². The lowest BCUT2D eigenvalue weighted by Gasteiger charge is -2.28. The van der Waals surface area contributed by atoms with Gasteiger partial charge in [0.15, 0.2) is 6.79 Å². The van der Waals surface area contributed by atoms with Crippen LogP contribution in [0.25, 0.3) is 0 Å². The summed E-state index contributed by atoms with van der Waals surface area (Å²) in [5, 5.41) is 0. The van der Waals surface area contributed by atoms with Gasteiger partial charge in [-0.05, 0) is 51.3 Å². The maximum absolute atomic E-state index is 5.87. The second-order valence-corrected chi connectivity index (χ2v) is 7.76. The van der Waals surface area contributed by atoms with E-state index in [1.165, 1.54) is 5.56 Å². The molecule has 6 heteroatoms. The van der Waals surface area contributed by atoms with Crippen LogP contribution in [0.15, 0.2) is 24.3 Å². The number of methoxy groups -OCH3 is 1. The summed E-state index contributed by atoms with van der Waals surface area (Å²) in [4.78, 5) is 0. The molecule has 0 aromatic heterocycles. The van der Waals surface area contributed by atoms with Crippen LogP contribution in [0.3, 0.4) is 0 Å². The second-order valence-electron chi connectivity index (χ2n) is 5.03. The van der Waals surface area contributed by atoms with Crippen molar-refractivity contribution in [2.45, 2.75) is 39.7 Å². The molecule has 0 aliphatic heterocycles. The summed E-state index contributed by atoms with van der Waals surface area (Å²) in [6.07, 6.45) is 1.94. The molecule has 1 aromatic carbocycles. The van der Waals surface area contributed by atoms with Crippen molar-refractivity contribution >= 4 is 8.80 Å². The Kier molecular flexibility index (Phi) is 10.1. The summed E-state index contributed by atoms with van der Waals surface area (Å²) in [5.41, 5.74) is 1.27. The van der Waals surface area contributed by atoms with Crippen molar-refractivity contribution in [3.05, 3.63) is 29.8 Å². The van der Waals surface area contributed by atoms with E-state index in [4.69, 9.17) is 22.8 Å². The average molecular weight is 343 g/mol. The van der Waals surface area contributed by atoms with Crippen LogP contribution in [0.1, 0.15) is 32.8 Å². The molecule has 5 nitrogen and oxygen atoms in total. The van der Waals surface area contributed by atoms with Crippen molar-refractivity contribution in [2.75, 3.05) is 33.7 Å². The van der Waals surface area contributed by atoms with Crippen LogP contribution in [-0.4, -0.2) is 42.5 Å². The van der Waals surface area contributed by atoms with E-state index >= 15 is 0 Å². The molecule has 0 atom stereocenters. The largest absolute Gasteiger partial charge is 0.500 e. The molecule has 0 saturated carbocycles. The minimum Gasteiger partial charge on any atom is -0.468 e. The quantitative estimate of drug-likeness (QED) is 0.404. The second kappa shape index (κ2) is 11.6. The predicted octanol–water partition coefficient (Wildman–Crippen LogP) is 3.65. The first kappa shape index (κ1) is 20.1. The van der Waals surface area contributed by atoms with Crippen LogP contribution in [0.2, 0.25) is 6.04 Å². The minimum atomic E-state index is -2.52. The van der Waals surface area contributed by atoms with E-state index in [2.05, 4.69) is 12.1 Å². The molecule has 0 saturated heterocycles. The van der Waals surface area contributed by atoms with Crippen LogP contribution in [-0.2, 0) is 24.4 Å². The fourth-order valence-electron chi connectivity index (χ4n) is 2.39. The molecule has 0 N–H and O–H groups in total. The predicted molar refractivity (Wildman–Crippen MR) is 92.7 cm³/mol. The number of ether oxygens (including phenoxy) is 2. The number of aryl methyl sites for hydroxylation is 1. The Hall–Kier alpha value is -0.923. The summed E-state index contributed by atoms with van der Waals surface area (Å²) in [7, 11) is -0.908. The van der Waals surface area contributed by atoms with E-state index < -0.39 is 8.80 Å². The Morgan fingerprint density at radius 2 is 1.43 bits per heavy atom. The van der Waals surface area contributed by atoms with Gasteiger partial charge in [0, 0.05) is 33.0 Å². The molecule has 0 fully saturated rings. The molecule has 0 unspecified atom stereocenters. The molecule has 1 aromatic rings. The van der Waals surface area contributed by atoms with E-state index in [-0.39, 0.29) is 6.79 Å². The van der Waals surface area contributed by atoms with Crippen LogP contribution in [0.4, 0.5) is 0 Å². The Bertz CT molecular complexity index is 393. The van der Waals surface area contributed by atoms with E-state index in [1.807, 2.05) is 32.9 Å².